The lowest BCUT2D eigenvalue weighted by Crippen LogP contribution is -2.37. The first-order chi connectivity index (χ1) is 11.2. The zero-order valence-corrected chi connectivity index (χ0v) is 12.5. The van der Waals surface area contributed by atoms with Crippen molar-refractivity contribution in [1.82, 2.24) is 20.2 Å². The molecule has 3 N–H and O–H groups in total. The van der Waals surface area contributed by atoms with E-state index in [1.54, 1.807) is 11.7 Å². The molecule has 0 fully saturated rings. The molecule has 0 bridgehead atoms. The van der Waals surface area contributed by atoms with Gasteiger partial charge in [-0.15, -0.1) is 0 Å². The lowest BCUT2D eigenvalue weighted by atomic mass is 10.2. The van der Waals surface area contributed by atoms with Crippen LogP contribution < -0.4 is 10.6 Å². The molecule has 1 aromatic rings. The Morgan fingerprint density at radius 3 is 2.67 bits per heavy atom. The van der Waals surface area contributed by atoms with E-state index < -0.39 is 12.1 Å². The predicted molar refractivity (Wildman–Crippen MR) is 72.5 cm³/mol. The van der Waals surface area contributed by atoms with E-state index >= 15 is 0 Å². The number of halogens is 3. The van der Waals surface area contributed by atoms with E-state index in [4.69, 9.17) is 14.6 Å². The molecule has 0 aromatic carbocycles. The molecule has 24 heavy (non-hydrogen) atoms. The van der Waals surface area contributed by atoms with Gasteiger partial charge in [0, 0.05) is 26.7 Å². The van der Waals surface area contributed by atoms with Gasteiger partial charge in [0.25, 0.3) is 11.8 Å². The third-order valence-electron chi connectivity index (χ3n) is 2.74. The fraction of sp³-hybridized carbons (Fsp3) is 0.500. The predicted octanol–water partition coefficient (Wildman–Crippen LogP) is -0.364. The number of carboxylic acids is 1. The number of ether oxygens (including phenoxy) is 1. The summed E-state index contributed by atoms with van der Waals surface area (Å²) in [5.74, 6) is -3.37. The lowest BCUT2D eigenvalue weighted by Gasteiger charge is -2.15. The average molecular weight is 352 g/mol. The standard InChI is InChI=1S/C10H14N4O3.C2HF3O2/c1-17-5-3-12-9(15)7-8-10(16)11-2-4-14(8)6-13-7;3-2(4,5)1(6)7/h6H,2-5H2,1H3,(H,11,16)(H,12,15);(H,6,7). The summed E-state index contributed by atoms with van der Waals surface area (Å²) in [7, 11) is 1.55. The maximum absolute atomic E-state index is 11.8. The topological polar surface area (TPSA) is 123 Å². The number of aromatic nitrogens is 2. The van der Waals surface area contributed by atoms with Gasteiger partial charge in [-0.05, 0) is 0 Å². The van der Waals surface area contributed by atoms with Crippen molar-refractivity contribution in [3.05, 3.63) is 17.7 Å². The number of fused-ring (bicyclic) bond motifs is 1. The van der Waals surface area contributed by atoms with Crippen LogP contribution in [0.1, 0.15) is 21.0 Å². The molecule has 1 aromatic heterocycles. The molecule has 2 amide bonds. The molecule has 0 unspecified atom stereocenters. The Morgan fingerprint density at radius 2 is 2.12 bits per heavy atom. The number of nitrogens with zero attached hydrogens (tertiary/aromatic N) is 2. The van der Waals surface area contributed by atoms with E-state index in [-0.39, 0.29) is 17.5 Å². The molecule has 0 saturated carbocycles. The fourth-order valence-electron chi connectivity index (χ4n) is 1.68. The van der Waals surface area contributed by atoms with Gasteiger partial charge in [-0.2, -0.15) is 13.2 Å². The van der Waals surface area contributed by atoms with Gasteiger partial charge in [-0.25, -0.2) is 9.78 Å². The van der Waals surface area contributed by atoms with Crippen molar-refractivity contribution in [3.8, 4) is 0 Å². The number of alkyl halides is 3. The minimum absolute atomic E-state index is 0.165. The summed E-state index contributed by atoms with van der Waals surface area (Å²) >= 11 is 0. The minimum Gasteiger partial charge on any atom is -0.475 e. The molecule has 2 heterocycles. The van der Waals surface area contributed by atoms with Crippen molar-refractivity contribution in [2.75, 3.05) is 26.8 Å². The second-order valence-corrected chi connectivity index (χ2v) is 4.44. The van der Waals surface area contributed by atoms with E-state index in [0.717, 1.165) is 0 Å². The number of carbonyl (C=O) groups excluding carboxylic acids is 2. The number of methoxy groups -OCH3 is 1. The van der Waals surface area contributed by atoms with Gasteiger partial charge in [0.05, 0.1) is 12.9 Å². The minimum atomic E-state index is -5.08. The molecule has 1 aliphatic heterocycles. The van der Waals surface area contributed by atoms with Crippen molar-refractivity contribution < 1.29 is 37.4 Å². The average Bonchev–Trinajstić information content (AvgIpc) is 2.92. The third-order valence-corrected chi connectivity index (χ3v) is 2.74. The molecule has 0 spiro atoms. The molecule has 1 aliphatic rings. The Hall–Kier alpha value is -2.63. The van der Waals surface area contributed by atoms with Gasteiger partial charge in [0.15, 0.2) is 5.69 Å². The maximum Gasteiger partial charge on any atom is 0.490 e. The third kappa shape index (κ3) is 5.22. The van der Waals surface area contributed by atoms with Gasteiger partial charge in [0.1, 0.15) is 5.69 Å². The van der Waals surface area contributed by atoms with Crippen LogP contribution in [0, 0.1) is 0 Å². The monoisotopic (exact) mass is 352 g/mol. The van der Waals surface area contributed by atoms with Crippen LogP contribution in [0.15, 0.2) is 6.33 Å². The maximum atomic E-state index is 11.8. The number of hydrogen-bond acceptors (Lipinski definition) is 5. The van der Waals surface area contributed by atoms with E-state index in [1.807, 2.05) is 0 Å². The molecule has 2 rings (SSSR count). The number of hydrogen-bond donors (Lipinski definition) is 3. The summed E-state index contributed by atoms with van der Waals surface area (Å²) in [4.78, 5) is 36.3. The van der Waals surface area contributed by atoms with Crippen LogP contribution >= 0.6 is 0 Å². The molecule has 0 atom stereocenters. The molecule has 9 nitrogen and oxygen atoms in total. The second kappa shape index (κ2) is 8.29. The van der Waals surface area contributed by atoms with E-state index in [1.165, 1.54) is 6.33 Å². The zero-order valence-electron chi connectivity index (χ0n) is 12.5. The van der Waals surface area contributed by atoms with Crippen LogP contribution in [0.4, 0.5) is 13.2 Å². The van der Waals surface area contributed by atoms with Gasteiger partial charge in [-0.3, -0.25) is 9.59 Å². The number of imidazole rings is 1. The SMILES string of the molecule is COCCNC(=O)c1ncn2c1C(=O)NCC2.O=C(O)C(F)(F)F. The van der Waals surface area contributed by atoms with Crippen LogP contribution in [-0.4, -0.2) is 65.4 Å². The van der Waals surface area contributed by atoms with Crippen molar-refractivity contribution in [2.24, 2.45) is 0 Å². The number of rotatable bonds is 4. The molecule has 12 heteroatoms. The van der Waals surface area contributed by atoms with E-state index in [2.05, 4.69) is 15.6 Å². The Balaban J connectivity index is 0.000000351. The van der Waals surface area contributed by atoms with Crippen molar-refractivity contribution >= 4 is 17.8 Å². The number of nitrogens with one attached hydrogen (secondary N) is 2. The molecular weight excluding hydrogens is 337 g/mol. The first kappa shape index (κ1) is 19.4. The first-order valence-corrected chi connectivity index (χ1v) is 6.59. The van der Waals surface area contributed by atoms with Crippen molar-refractivity contribution in [2.45, 2.75) is 12.7 Å². The number of carbonyl (C=O) groups is 3. The quantitative estimate of drug-likeness (QED) is 0.636. The Kier molecular flexibility index (Phi) is 6.70. The molecule has 0 radical (unpaired) electrons. The van der Waals surface area contributed by atoms with Gasteiger partial charge in [-0.1, -0.05) is 0 Å². The summed E-state index contributed by atoms with van der Waals surface area (Å²) in [6.45, 7) is 2.02. The normalized spacial score (nSPS) is 13.2. The lowest BCUT2D eigenvalue weighted by molar-refractivity contribution is -0.192. The van der Waals surface area contributed by atoms with Crippen molar-refractivity contribution in [1.29, 1.82) is 0 Å². The van der Waals surface area contributed by atoms with Crippen molar-refractivity contribution in [3.63, 3.8) is 0 Å². The fourth-order valence-corrected chi connectivity index (χ4v) is 1.68. The van der Waals surface area contributed by atoms with Crippen LogP contribution in [0.5, 0.6) is 0 Å². The highest BCUT2D eigenvalue weighted by molar-refractivity contribution is 6.05. The van der Waals surface area contributed by atoms with Gasteiger partial charge in [0.2, 0.25) is 0 Å². The summed E-state index contributed by atoms with van der Waals surface area (Å²) in [5, 5.41) is 12.4. The molecule has 0 saturated heterocycles. The van der Waals surface area contributed by atoms with Crippen LogP contribution in [0.25, 0.3) is 0 Å². The molecule has 0 aliphatic carbocycles. The number of aliphatic carboxylic acids is 1. The smallest absolute Gasteiger partial charge is 0.475 e. The molecular formula is C12H15F3N4O5. The highest BCUT2D eigenvalue weighted by atomic mass is 19.4. The van der Waals surface area contributed by atoms with E-state index in [0.29, 0.717) is 31.9 Å². The summed E-state index contributed by atoms with van der Waals surface area (Å²) in [6.07, 6.45) is -3.57. The van der Waals surface area contributed by atoms with Gasteiger partial charge < -0.3 is 25.0 Å². The zero-order chi connectivity index (χ0) is 18.3. The van der Waals surface area contributed by atoms with Crippen LogP contribution in [0.2, 0.25) is 0 Å². The number of carboxylic acid groups (broad SMARTS) is 1. The van der Waals surface area contributed by atoms with Crippen LogP contribution in [0.3, 0.4) is 0 Å². The number of amides is 2. The first-order valence-electron chi connectivity index (χ1n) is 6.59. The highest BCUT2D eigenvalue weighted by Crippen LogP contribution is 2.13. The summed E-state index contributed by atoms with van der Waals surface area (Å²) in [5.41, 5.74) is 0.490. The Morgan fingerprint density at radius 1 is 1.50 bits per heavy atom. The molecule has 134 valence electrons. The summed E-state index contributed by atoms with van der Waals surface area (Å²) in [6, 6.07) is 0. The highest BCUT2D eigenvalue weighted by Gasteiger charge is 2.38. The Labute approximate surface area is 133 Å². The van der Waals surface area contributed by atoms with Crippen LogP contribution in [-0.2, 0) is 16.1 Å². The second-order valence-electron chi connectivity index (χ2n) is 4.44. The summed E-state index contributed by atoms with van der Waals surface area (Å²) < 4.78 is 38.2. The van der Waals surface area contributed by atoms with E-state index in [9.17, 15) is 22.8 Å². The Bertz CT molecular complexity index is 614. The largest absolute Gasteiger partial charge is 0.490 e. The van der Waals surface area contributed by atoms with Gasteiger partial charge >= 0.3 is 12.1 Å².